The number of rotatable bonds is 11. The minimum atomic E-state index is -0.416. The Bertz CT molecular complexity index is 1590. The van der Waals surface area contributed by atoms with Gasteiger partial charge in [0.25, 0.3) is 5.91 Å². The Hall–Kier alpha value is -3.30. The van der Waals surface area contributed by atoms with Crippen LogP contribution in [-0.4, -0.2) is 106 Å². The van der Waals surface area contributed by atoms with Crippen molar-refractivity contribution in [1.29, 1.82) is 0 Å². The minimum Gasteiger partial charge on any atom is -0.342 e. The van der Waals surface area contributed by atoms with Crippen LogP contribution in [0.15, 0.2) is 36.8 Å². The molecule has 6 rings (SSSR count). The summed E-state index contributed by atoms with van der Waals surface area (Å²) in [4.78, 5) is 38.8. The van der Waals surface area contributed by atoms with Crippen molar-refractivity contribution in [3.8, 4) is 5.69 Å². The van der Waals surface area contributed by atoms with Crippen molar-refractivity contribution in [2.75, 3.05) is 52.9 Å². The van der Waals surface area contributed by atoms with E-state index in [9.17, 15) is 14.0 Å². The number of pyridine rings is 1. The molecule has 0 saturated carbocycles. The number of amides is 2. The number of hydrogen-bond acceptors (Lipinski definition) is 5. The highest BCUT2D eigenvalue weighted by atomic mass is 19.1. The van der Waals surface area contributed by atoms with E-state index in [1.165, 1.54) is 48.8 Å². The fourth-order valence-electron chi connectivity index (χ4n) is 8.51. The number of likely N-dealkylation sites (tertiary alicyclic amines) is 3. The first-order valence-electron chi connectivity index (χ1n) is 17.8. The molecular weight excluding hydrogens is 591 g/mol. The highest BCUT2D eigenvalue weighted by molar-refractivity contribution is 5.99. The van der Waals surface area contributed by atoms with Crippen molar-refractivity contribution in [3.05, 3.63) is 59.3 Å². The van der Waals surface area contributed by atoms with Crippen LogP contribution in [0.2, 0.25) is 0 Å². The molecule has 0 spiro atoms. The third-order valence-corrected chi connectivity index (χ3v) is 11.4. The Kier molecular flexibility index (Phi) is 10.0. The molecule has 2 unspecified atom stereocenters. The first-order valence-corrected chi connectivity index (χ1v) is 17.8. The smallest absolute Gasteiger partial charge is 0.256 e. The zero-order valence-electron chi connectivity index (χ0n) is 29.2. The molecule has 3 fully saturated rings. The summed E-state index contributed by atoms with van der Waals surface area (Å²) in [6, 6.07) is 5.13. The molecule has 9 heteroatoms. The Morgan fingerprint density at radius 2 is 1.83 bits per heavy atom. The predicted molar refractivity (Wildman–Crippen MR) is 185 cm³/mol. The summed E-state index contributed by atoms with van der Waals surface area (Å²) in [7, 11) is 1.77. The number of hydrogen-bond donors (Lipinski definition) is 0. The van der Waals surface area contributed by atoms with Gasteiger partial charge in [-0.1, -0.05) is 6.92 Å². The normalized spacial score (nSPS) is 22.5. The number of carbonyl (C=O) groups is 2. The Labute approximate surface area is 279 Å². The van der Waals surface area contributed by atoms with Crippen molar-refractivity contribution in [1.82, 2.24) is 29.2 Å². The van der Waals surface area contributed by atoms with Crippen molar-refractivity contribution in [2.24, 2.45) is 17.8 Å². The van der Waals surface area contributed by atoms with Gasteiger partial charge in [-0.05, 0) is 113 Å². The largest absolute Gasteiger partial charge is 0.342 e. The maximum Gasteiger partial charge on any atom is 0.256 e. The van der Waals surface area contributed by atoms with Crippen LogP contribution in [0.1, 0.15) is 74.9 Å². The van der Waals surface area contributed by atoms with Gasteiger partial charge in [0.1, 0.15) is 5.82 Å². The van der Waals surface area contributed by atoms with Gasteiger partial charge in [0, 0.05) is 76.6 Å². The molecule has 2 amide bonds. The Morgan fingerprint density at radius 3 is 2.51 bits per heavy atom. The molecule has 0 radical (unpaired) electrons. The summed E-state index contributed by atoms with van der Waals surface area (Å²) in [5, 5.41) is 1.19. The van der Waals surface area contributed by atoms with Crippen molar-refractivity contribution in [3.63, 3.8) is 0 Å². The number of benzene rings is 1. The first-order chi connectivity index (χ1) is 22.5. The lowest BCUT2D eigenvalue weighted by Gasteiger charge is -2.28. The fraction of sp³-hybridized carbons (Fsp3) is 0.605. The van der Waals surface area contributed by atoms with Crippen molar-refractivity contribution in [2.45, 2.75) is 78.8 Å². The van der Waals surface area contributed by atoms with E-state index >= 15 is 0 Å². The van der Waals surface area contributed by atoms with Crippen LogP contribution in [-0.2, 0) is 11.2 Å². The standard InChI is InChI=1S/C38H53FN6O2/c1-7-33(9-8-13-42-20-30-22-44(27(5)46)23-31(30)21-42)43-14-12-28(19-43)15-29-24-45(36-18-40-17-26(4)37(29)36)35-11-10-32(39)16-34(35)38(47)41(6)25(2)3/h10-11,16-18,24-25,28,30-31,33H,7-9,12-15,19-23H2,1-6H3/t28-,30-,31?,33?/m0/s1. The zero-order chi connectivity index (χ0) is 33.4. The van der Waals surface area contributed by atoms with Crippen LogP contribution in [0.25, 0.3) is 16.6 Å². The summed E-state index contributed by atoms with van der Waals surface area (Å²) in [5.41, 5.74) is 4.38. The Morgan fingerprint density at radius 1 is 1.09 bits per heavy atom. The predicted octanol–water partition coefficient (Wildman–Crippen LogP) is 5.79. The molecule has 1 aromatic carbocycles. The molecule has 4 atom stereocenters. The number of halogens is 1. The highest BCUT2D eigenvalue weighted by Crippen LogP contribution is 2.34. The van der Waals surface area contributed by atoms with Gasteiger partial charge in [-0.15, -0.1) is 0 Å². The Balaban J connectivity index is 1.12. The SMILES string of the molecule is CCC(CCCN1CC2CN(C(C)=O)C[C@@H]2C1)N1CC[C@@H](Cc2cn(-c3ccc(F)cc3C(=O)N(C)C(C)C)c3cncc(C)c23)C1. The third-order valence-electron chi connectivity index (χ3n) is 11.4. The van der Waals surface area contributed by atoms with E-state index in [1.807, 2.05) is 31.1 Å². The number of aromatic nitrogens is 2. The molecule has 8 nitrogen and oxygen atoms in total. The summed E-state index contributed by atoms with van der Waals surface area (Å²) in [6.45, 7) is 17.6. The average Bonchev–Trinajstić information content (AvgIpc) is 3.82. The van der Waals surface area contributed by atoms with E-state index in [4.69, 9.17) is 0 Å². The highest BCUT2D eigenvalue weighted by Gasteiger charge is 2.40. The van der Waals surface area contributed by atoms with Crippen LogP contribution in [0.4, 0.5) is 4.39 Å². The van der Waals surface area contributed by atoms with E-state index in [0.717, 1.165) is 63.3 Å². The molecule has 3 aliphatic rings. The summed E-state index contributed by atoms with van der Waals surface area (Å²) in [5.74, 6) is 1.48. The van der Waals surface area contributed by atoms with Crippen LogP contribution in [0.5, 0.6) is 0 Å². The van der Waals surface area contributed by atoms with E-state index in [2.05, 4.69) is 39.4 Å². The van der Waals surface area contributed by atoms with Gasteiger partial charge in [0.15, 0.2) is 0 Å². The van der Waals surface area contributed by atoms with Crippen LogP contribution in [0.3, 0.4) is 0 Å². The second kappa shape index (κ2) is 14.0. The topological polar surface area (TPSA) is 64.9 Å². The third kappa shape index (κ3) is 6.98. The van der Waals surface area contributed by atoms with E-state index in [0.29, 0.717) is 35.0 Å². The zero-order valence-corrected chi connectivity index (χ0v) is 29.2. The maximum absolute atomic E-state index is 14.5. The van der Waals surface area contributed by atoms with Gasteiger partial charge in [-0.2, -0.15) is 0 Å². The lowest BCUT2D eigenvalue weighted by atomic mass is 9.97. The summed E-state index contributed by atoms with van der Waals surface area (Å²) < 4.78 is 16.6. The van der Waals surface area contributed by atoms with Gasteiger partial charge < -0.3 is 24.2 Å². The lowest BCUT2D eigenvalue weighted by molar-refractivity contribution is -0.128. The van der Waals surface area contributed by atoms with Crippen molar-refractivity contribution >= 4 is 22.7 Å². The summed E-state index contributed by atoms with van der Waals surface area (Å²) in [6.07, 6.45) is 11.7. The number of fused-ring (bicyclic) bond motifs is 2. The molecule has 254 valence electrons. The molecule has 3 saturated heterocycles. The first kappa shape index (κ1) is 33.6. The lowest BCUT2D eigenvalue weighted by Crippen LogP contribution is -2.35. The molecule has 47 heavy (non-hydrogen) atoms. The number of aryl methyl sites for hydroxylation is 1. The molecule has 2 aromatic heterocycles. The average molecular weight is 645 g/mol. The molecule has 0 aliphatic carbocycles. The van der Waals surface area contributed by atoms with Crippen molar-refractivity contribution < 1.29 is 14.0 Å². The van der Waals surface area contributed by atoms with E-state index in [-0.39, 0.29) is 17.9 Å². The van der Waals surface area contributed by atoms with Crippen LogP contribution in [0, 0.1) is 30.5 Å². The van der Waals surface area contributed by atoms with Gasteiger partial charge >= 0.3 is 0 Å². The van der Waals surface area contributed by atoms with Gasteiger partial charge in [0.2, 0.25) is 5.91 Å². The molecule has 5 heterocycles. The maximum atomic E-state index is 14.5. The summed E-state index contributed by atoms with van der Waals surface area (Å²) >= 11 is 0. The van der Waals surface area contributed by atoms with Gasteiger partial charge in [-0.25, -0.2) is 4.39 Å². The second-order valence-electron chi connectivity index (χ2n) is 14.8. The van der Waals surface area contributed by atoms with E-state index in [1.54, 1.807) is 24.9 Å². The van der Waals surface area contributed by atoms with Crippen LogP contribution < -0.4 is 0 Å². The van der Waals surface area contributed by atoms with Gasteiger partial charge in [-0.3, -0.25) is 14.6 Å². The monoisotopic (exact) mass is 644 g/mol. The minimum absolute atomic E-state index is 0.00300. The molecule has 0 bridgehead atoms. The fourth-order valence-corrected chi connectivity index (χ4v) is 8.51. The second-order valence-corrected chi connectivity index (χ2v) is 14.8. The molecule has 0 N–H and O–H groups in total. The molecule has 3 aromatic rings. The van der Waals surface area contributed by atoms with Crippen LogP contribution >= 0.6 is 0 Å². The molecule has 3 aliphatic heterocycles. The molecular formula is C38H53FN6O2. The van der Waals surface area contributed by atoms with E-state index < -0.39 is 5.82 Å². The number of carbonyl (C=O) groups excluding carboxylic acids is 2. The quantitative estimate of drug-likeness (QED) is 0.265. The number of nitrogens with zero attached hydrogens (tertiary/aromatic N) is 6. The van der Waals surface area contributed by atoms with Gasteiger partial charge in [0.05, 0.1) is 23.0 Å².